The zero-order valence-electron chi connectivity index (χ0n) is 3.86. The zero-order valence-corrected chi connectivity index (χ0v) is 6.52. The van der Waals surface area contributed by atoms with Gasteiger partial charge in [0.25, 0.3) is 0 Å². The van der Waals surface area contributed by atoms with Crippen molar-refractivity contribution in [2.75, 3.05) is 6.61 Å². The van der Waals surface area contributed by atoms with Gasteiger partial charge in [-0.1, -0.05) is 0 Å². The molecule has 5 heteroatoms. The van der Waals surface area contributed by atoms with Gasteiger partial charge in [-0.25, -0.2) is 0 Å². The Morgan fingerprint density at radius 3 is 1.86 bits per heavy atom. The van der Waals surface area contributed by atoms with Crippen LogP contribution in [0.2, 0.25) is 0 Å². The molecule has 0 N–H and O–H groups in total. The van der Waals surface area contributed by atoms with Crippen molar-refractivity contribution >= 4 is 16.6 Å². The number of hydrogen-bond donors (Lipinski definition) is 0. The normalized spacial score (nSPS) is 6.14. The SMILES string of the molecule is CCO[O][Al+2].[Cl-].[Cl-]. The van der Waals surface area contributed by atoms with E-state index in [2.05, 4.69) is 8.83 Å². The molecule has 0 bridgehead atoms. The number of rotatable bonds is 2. The molecule has 0 rings (SSSR count). The molecule has 7 heavy (non-hydrogen) atoms. The molecule has 0 fully saturated rings. The van der Waals surface area contributed by atoms with Gasteiger partial charge in [0, 0.05) is 0 Å². The van der Waals surface area contributed by atoms with Crippen molar-refractivity contribution in [2.45, 2.75) is 6.92 Å². The minimum atomic E-state index is 0. The Morgan fingerprint density at radius 1 is 1.43 bits per heavy atom. The molecular weight excluding hydrogens is 154 g/mol. The van der Waals surface area contributed by atoms with Crippen LogP contribution in [0.15, 0.2) is 0 Å². The van der Waals surface area contributed by atoms with Crippen molar-refractivity contribution in [2.24, 2.45) is 0 Å². The largest absolute Gasteiger partial charge is 1.00 e. The van der Waals surface area contributed by atoms with Gasteiger partial charge < -0.3 is 24.8 Å². The summed E-state index contributed by atoms with van der Waals surface area (Å²) in [5.74, 6) is 0. The van der Waals surface area contributed by atoms with Crippen LogP contribution in [0.5, 0.6) is 0 Å². The molecule has 0 spiro atoms. The van der Waals surface area contributed by atoms with E-state index in [-0.39, 0.29) is 24.8 Å². The average Bonchev–Trinajstić information content (AvgIpc) is 1.41. The van der Waals surface area contributed by atoms with Gasteiger partial charge in [-0.3, -0.25) is 0 Å². The van der Waals surface area contributed by atoms with Gasteiger partial charge >= 0.3 is 39.0 Å². The fourth-order valence-electron chi connectivity index (χ4n) is 0.0680. The minimum Gasteiger partial charge on any atom is -1.00 e. The molecule has 0 saturated carbocycles. The van der Waals surface area contributed by atoms with E-state index in [0.717, 1.165) is 0 Å². The Bertz CT molecular complexity index is 21.2. The maximum Gasteiger partial charge on any atom is -1.00 e. The van der Waals surface area contributed by atoms with Crippen LogP contribution in [0.1, 0.15) is 6.92 Å². The van der Waals surface area contributed by atoms with Crippen molar-refractivity contribution in [3.63, 3.8) is 0 Å². The summed E-state index contributed by atoms with van der Waals surface area (Å²) in [4.78, 5) is 4.30. The summed E-state index contributed by atoms with van der Waals surface area (Å²) in [5, 5.41) is 0. The van der Waals surface area contributed by atoms with Crippen LogP contribution in [0, 0.1) is 0 Å². The van der Waals surface area contributed by atoms with Gasteiger partial charge in [0.05, 0.1) is 0 Å². The number of hydrogen-bond acceptors (Lipinski definition) is 2. The monoisotopic (exact) mass is 158 g/mol. The van der Waals surface area contributed by atoms with E-state index in [1.54, 1.807) is 0 Å². The van der Waals surface area contributed by atoms with Gasteiger partial charge in [-0.05, 0) is 0 Å². The van der Waals surface area contributed by atoms with Crippen LogP contribution < -0.4 is 24.8 Å². The van der Waals surface area contributed by atoms with Crippen molar-refractivity contribution < 1.29 is 33.6 Å². The minimum absolute atomic E-state index is 0. The molecule has 0 aromatic heterocycles. The Kier molecular flexibility index (Phi) is 35.3. The van der Waals surface area contributed by atoms with Gasteiger partial charge in [0.15, 0.2) is 0 Å². The summed E-state index contributed by atoms with van der Waals surface area (Å²) in [6, 6.07) is 0. The van der Waals surface area contributed by atoms with Crippen molar-refractivity contribution in [3.8, 4) is 0 Å². The summed E-state index contributed by atoms with van der Waals surface area (Å²) >= 11 is 1.98. The van der Waals surface area contributed by atoms with E-state index in [0.29, 0.717) is 6.61 Å². The summed E-state index contributed by atoms with van der Waals surface area (Å²) in [6.45, 7) is 2.45. The van der Waals surface area contributed by atoms with E-state index in [9.17, 15) is 0 Å². The second-order valence-electron chi connectivity index (χ2n) is 0.503. The van der Waals surface area contributed by atoms with Crippen LogP contribution in [0.25, 0.3) is 0 Å². The first kappa shape index (κ1) is 15.7. The molecule has 0 aromatic carbocycles. The van der Waals surface area contributed by atoms with E-state index in [1.807, 2.05) is 23.5 Å². The van der Waals surface area contributed by atoms with E-state index < -0.39 is 0 Å². The van der Waals surface area contributed by atoms with Crippen molar-refractivity contribution in [1.82, 2.24) is 0 Å². The second kappa shape index (κ2) is 15.7. The molecule has 0 aliphatic heterocycles. The van der Waals surface area contributed by atoms with Gasteiger partial charge in [-0.15, -0.1) is 0 Å². The molecule has 0 radical (unpaired) electrons. The summed E-state index contributed by atoms with van der Waals surface area (Å²) in [5.41, 5.74) is 0. The molecule has 0 unspecified atom stereocenters. The first-order valence-electron chi connectivity index (χ1n) is 1.40. The third-order valence-electron chi connectivity index (χ3n) is 0.186. The van der Waals surface area contributed by atoms with Crippen LogP contribution in [0.4, 0.5) is 0 Å². The van der Waals surface area contributed by atoms with Crippen molar-refractivity contribution in [3.05, 3.63) is 0 Å². The Labute approximate surface area is 64.1 Å². The first-order chi connectivity index (χ1) is 2.41. The predicted octanol–water partition coefficient (Wildman–Crippen LogP) is -5.95. The summed E-state index contributed by atoms with van der Waals surface area (Å²) in [6.07, 6.45) is 0. The maximum absolute atomic E-state index is 4.30. The third kappa shape index (κ3) is 19.4. The van der Waals surface area contributed by atoms with Gasteiger partial charge in [0.1, 0.15) is 0 Å². The molecule has 2 nitrogen and oxygen atoms in total. The van der Waals surface area contributed by atoms with E-state index >= 15 is 0 Å². The molecule has 0 aliphatic rings. The maximum atomic E-state index is 4.30. The molecule has 0 heterocycles. The molecule has 0 atom stereocenters. The Hall–Kier alpha value is 1.03. The summed E-state index contributed by atoms with van der Waals surface area (Å²) in [7, 11) is 0. The second-order valence-corrected chi connectivity index (χ2v) is 0.695. The molecule has 0 aliphatic carbocycles. The predicted molar refractivity (Wildman–Crippen MR) is 18.5 cm³/mol. The van der Waals surface area contributed by atoms with Gasteiger partial charge in [0.2, 0.25) is 0 Å². The molecule has 0 saturated heterocycles. The fraction of sp³-hybridized carbons (Fsp3) is 1.00. The third-order valence-corrected chi connectivity index (χ3v) is 0.322. The van der Waals surface area contributed by atoms with Crippen molar-refractivity contribution in [1.29, 1.82) is 0 Å². The Morgan fingerprint density at radius 2 is 1.86 bits per heavy atom. The topological polar surface area (TPSA) is 18.5 Å². The molecule has 0 aromatic rings. The first-order valence-corrected chi connectivity index (χ1v) is 1.87. The van der Waals surface area contributed by atoms with Crippen LogP contribution in [-0.2, 0) is 8.83 Å². The van der Waals surface area contributed by atoms with E-state index in [1.165, 1.54) is 0 Å². The van der Waals surface area contributed by atoms with Gasteiger partial charge in [-0.2, -0.15) is 0 Å². The van der Waals surface area contributed by atoms with Crippen LogP contribution in [-0.4, -0.2) is 23.2 Å². The zero-order chi connectivity index (χ0) is 4.12. The Balaban J connectivity index is -0.0000000800. The molecule has 42 valence electrons. The van der Waals surface area contributed by atoms with Crippen LogP contribution in [0.3, 0.4) is 0 Å². The fourth-order valence-corrected chi connectivity index (χ4v) is 0.204. The number of halogens is 2. The summed E-state index contributed by atoms with van der Waals surface area (Å²) < 4.78 is 4.11. The average molecular weight is 159 g/mol. The quantitative estimate of drug-likeness (QED) is 0.227. The molecular formula is C2H5AlCl2O2. The van der Waals surface area contributed by atoms with E-state index in [4.69, 9.17) is 0 Å². The molecule has 0 amide bonds. The van der Waals surface area contributed by atoms with Crippen LogP contribution >= 0.6 is 0 Å². The smallest absolute Gasteiger partial charge is 1.00 e. The standard InChI is InChI=1S/C2H6O2.Al.2ClH/c1-2-4-3;;;/h3H,2H2,1H3;;2*1H/q;+3;;/p-3.